The number of likely N-dealkylation sites (tertiary alicyclic amines) is 1. The number of ketones is 1. The molecule has 0 amide bonds. The van der Waals surface area contributed by atoms with Crippen molar-refractivity contribution < 1.29 is 4.79 Å². The van der Waals surface area contributed by atoms with E-state index in [0.29, 0.717) is 5.15 Å². The number of aromatic nitrogens is 1. The van der Waals surface area contributed by atoms with Crippen molar-refractivity contribution in [2.75, 3.05) is 38.3 Å². The van der Waals surface area contributed by atoms with Gasteiger partial charge in [0.2, 0.25) is 0 Å². The van der Waals surface area contributed by atoms with Gasteiger partial charge in [0.25, 0.3) is 0 Å². The minimum atomic E-state index is 0.0528. The minimum absolute atomic E-state index is 0.0528. The van der Waals surface area contributed by atoms with Crippen LogP contribution in [0.1, 0.15) is 28.1 Å². The fourth-order valence-corrected chi connectivity index (χ4v) is 5.12. The van der Waals surface area contributed by atoms with E-state index in [4.69, 9.17) is 11.6 Å². The maximum atomic E-state index is 13.1. The number of halogens is 1. The third-order valence-electron chi connectivity index (χ3n) is 4.64. The molecule has 1 aromatic heterocycles. The summed E-state index contributed by atoms with van der Waals surface area (Å²) in [6, 6.07) is 7.92. The molecule has 2 heterocycles. The van der Waals surface area contributed by atoms with E-state index in [1.807, 2.05) is 49.5 Å². The second kappa shape index (κ2) is 8.74. The van der Waals surface area contributed by atoms with E-state index in [-0.39, 0.29) is 11.7 Å². The van der Waals surface area contributed by atoms with E-state index in [1.54, 1.807) is 23.1 Å². The molecule has 1 aliphatic heterocycles. The van der Waals surface area contributed by atoms with E-state index in [2.05, 4.69) is 9.88 Å². The first kappa shape index (κ1) is 19.7. The number of carbonyl (C=O) groups excluding carboxylic acids is 1. The zero-order valence-electron chi connectivity index (χ0n) is 15.4. The first-order valence-electron chi connectivity index (χ1n) is 8.71. The average Bonchev–Trinajstić information content (AvgIpc) is 3.02. The quantitative estimate of drug-likeness (QED) is 0.511. The van der Waals surface area contributed by atoms with Gasteiger partial charge in [-0.15, -0.1) is 11.8 Å². The molecule has 1 aliphatic rings. The molecule has 1 fully saturated rings. The molecular formula is C19H24ClN3OS2. The standard InChI is InChI=1S/C19H24ClN3OS2/c1-22(2)19-21-18(20)16(26-19)12-23-10-6-7-13(11-23)17(24)14-8-4-5-9-15(14)25-3/h4-5,8-9,13H,6-7,10-12H2,1-3H3/t13-/m1/s1. The number of nitrogens with zero attached hydrogens (tertiary/aromatic N) is 3. The molecule has 0 unspecified atom stereocenters. The van der Waals surface area contributed by atoms with Crippen LogP contribution in [0.4, 0.5) is 5.13 Å². The van der Waals surface area contributed by atoms with Crippen LogP contribution in [0, 0.1) is 5.92 Å². The molecule has 2 aromatic rings. The van der Waals surface area contributed by atoms with E-state index in [9.17, 15) is 4.79 Å². The smallest absolute Gasteiger partial charge is 0.186 e. The normalized spacial score (nSPS) is 18.1. The summed E-state index contributed by atoms with van der Waals surface area (Å²) >= 11 is 9.58. The lowest BCUT2D eigenvalue weighted by molar-refractivity contribution is 0.0809. The predicted octanol–water partition coefficient (Wildman–Crippen LogP) is 4.68. The van der Waals surface area contributed by atoms with Crippen molar-refractivity contribution in [1.82, 2.24) is 9.88 Å². The molecular weight excluding hydrogens is 386 g/mol. The van der Waals surface area contributed by atoms with Gasteiger partial charge in [-0.3, -0.25) is 9.69 Å². The van der Waals surface area contributed by atoms with Crippen LogP contribution in [-0.4, -0.2) is 49.1 Å². The molecule has 140 valence electrons. The van der Waals surface area contributed by atoms with Gasteiger partial charge in [-0.1, -0.05) is 41.1 Å². The fraction of sp³-hybridized carbons (Fsp3) is 0.474. The number of benzene rings is 1. The van der Waals surface area contributed by atoms with Crippen molar-refractivity contribution in [1.29, 1.82) is 0 Å². The molecule has 1 saturated heterocycles. The number of piperidine rings is 1. The van der Waals surface area contributed by atoms with Crippen LogP contribution in [0.15, 0.2) is 29.2 Å². The number of hydrogen-bond donors (Lipinski definition) is 0. The summed E-state index contributed by atoms with van der Waals surface area (Å²) in [6.07, 6.45) is 4.01. The number of thiazole rings is 1. The second-order valence-corrected chi connectivity index (χ2v) is 9.01. The van der Waals surface area contributed by atoms with Crippen LogP contribution in [0.3, 0.4) is 0 Å². The lowest BCUT2D eigenvalue weighted by atomic mass is 9.90. The molecule has 0 spiro atoms. The topological polar surface area (TPSA) is 36.4 Å². The van der Waals surface area contributed by atoms with Crippen LogP contribution in [0.2, 0.25) is 5.15 Å². The summed E-state index contributed by atoms with van der Waals surface area (Å²) in [5, 5.41) is 1.50. The van der Waals surface area contributed by atoms with Crippen molar-refractivity contribution in [2.24, 2.45) is 5.92 Å². The van der Waals surface area contributed by atoms with Crippen LogP contribution < -0.4 is 4.90 Å². The Kier molecular flexibility index (Phi) is 6.61. The molecule has 26 heavy (non-hydrogen) atoms. The summed E-state index contributed by atoms with van der Waals surface area (Å²) in [4.78, 5) is 23.9. The van der Waals surface area contributed by atoms with Crippen molar-refractivity contribution in [2.45, 2.75) is 24.3 Å². The number of carbonyl (C=O) groups is 1. The van der Waals surface area contributed by atoms with Gasteiger partial charge in [0.15, 0.2) is 10.9 Å². The maximum Gasteiger partial charge on any atom is 0.186 e. The molecule has 0 radical (unpaired) electrons. The predicted molar refractivity (Wildman–Crippen MR) is 112 cm³/mol. The van der Waals surface area contributed by atoms with Crippen molar-refractivity contribution >= 4 is 45.6 Å². The molecule has 0 N–H and O–H groups in total. The lowest BCUT2D eigenvalue weighted by Crippen LogP contribution is -2.38. The van der Waals surface area contributed by atoms with Crippen molar-refractivity contribution in [3.05, 3.63) is 39.9 Å². The van der Waals surface area contributed by atoms with E-state index >= 15 is 0 Å². The largest absolute Gasteiger partial charge is 0.354 e. The van der Waals surface area contributed by atoms with E-state index in [1.165, 1.54) is 0 Å². The second-order valence-electron chi connectivity index (χ2n) is 6.74. The lowest BCUT2D eigenvalue weighted by Gasteiger charge is -2.31. The number of Topliss-reactive ketones (excluding diaryl/α,β-unsaturated/α-hetero) is 1. The highest BCUT2D eigenvalue weighted by Crippen LogP contribution is 2.32. The zero-order valence-corrected chi connectivity index (χ0v) is 17.8. The molecule has 0 aliphatic carbocycles. The van der Waals surface area contributed by atoms with Crippen LogP contribution in [-0.2, 0) is 6.54 Å². The zero-order chi connectivity index (χ0) is 18.7. The van der Waals surface area contributed by atoms with Gasteiger partial charge in [0, 0.05) is 43.6 Å². The number of anilines is 1. The van der Waals surface area contributed by atoms with Gasteiger partial charge < -0.3 is 4.90 Å². The highest BCUT2D eigenvalue weighted by molar-refractivity contribution is 7.98. The summed E-state index contributed by atoms with van der Waals surface area (Å²) in [7, 11) is 3.94. The van der Waals surface area contributed by atoms with E-state index < -0.39 is 0 Å². The summed E-state index contributed by atoms with van der Waals surface area (Å²) in [5.74, 6) is 0.320. The monoisotopic (exact) mass is 409 g/mol. The molecule has 7 heteroatoms. The summed E-state index contributed by atoms with van der Waals surface area (Å²) < 4.78 is 0. The Balaban J connectivity index is 1.70. The van der Waals surface area contributed by atoms with Gasteiger partial charge in [0.05, 0.1) is 4.88 Å². The summed E-state index contributed by atoms with van der Waals surface area (Å²) in [5.41, 5.74) is 0.859. The average molecular weight is 410 g/mol. The number of rotatable bonds is 6. The van der Waals surface area contributed by atoms with Crippen LogP contribution in [0.5, 0.6) is 0 Å². The fourth-order valence-electron chi connectivity index (χ4n) is 3.29. The summed E-state index contributed by atoms with van der Waals surface area (Å²) in [6.45, 7) is 2.55. The van der Waals surface area contributed by atoms with E-state index in [0.717, 1.165) is 52.9 Å². The SMILES string of the molecule is CSc1ccccc1C(=O)[C@@H]1CCCN(Cc2sc(N(C)C)nc2Cl)C1. The first-order valence-corrected chi connectivity index (χ1v) is 11.1. The minimum Gasteiger partial charge on any atom is -0.354 e. The van der Waals surface area contributed by atoms with Gasteiger partial charge >= 0.3 is 0 Å². The molecule has 3 rings (SSSR count). The Morgan fingerprint density at radius 3 is 2.88 bits per heavy atom. The Hall–Kier alpha value is -1.08. The molecule has 0 bridgehead atoms. The van der Waals surface area contributed by atoms with Crippen LogP contribution in [0.25, 0.3) is 0 Å². The van der Waals surface area contributed by atoms with Crippen molar-refractivity contribution in [3.8, 4) is 0 Å². The number of hydrogen-bond acceptors (Lipinski definition) is 6. The molecule has 0 saturated carbocycles. The van der Waals surface area contributed by atoms with Gasteiger partial charge in [-0.25, -0.2) is 4.98 Å². The van der Waals surface area contributed by atoms with Gasteiger partial charge in [-0.2, -0.15) is 0 Å². The first-order chi connectivity index (χ1) is 12.5. The highest BCUT2D eigenvalue weighted by atomic mass is 35.5. The third-order valence-corrected chi connectivity index (χ3v) is 7.07. The Morgan fingerprint density at radius 1 is 1.42 bits per heavy atom. The van der Waals surface area contributed by atoms with Gasteiger partial charge in [-0.05, 0) is 31.7 Å². The molecule has 1 aromatic carbocycles. The van der Waals surface area contributed by atoms with Crippen molar-refractivity contribution in [3.63, 3.8) is 0 Å². The molecule has 1 atom stereocenters. The number of thioether (sulfide) groups is 1. The van der Waals surface area contributed by atoms with Gasteiger partial charge in [0.1, 0.15) is 5.15 Å². The Labute approximate surface area is 168 Å². The molecule has 4 nitrogen and oxygen atoms in total. The maximum absolute atomic E-state index is 13.1. The highest BCUT2D eigenvalue weighted by Gasteiger charge is 2.28. The Morgan fingerprint density at radius 2 is 2.19 bits per heavy atom. The third kappa shape index (κ3) is 4.42. The van der Waals surface area contributed by atoms with Crippen LogP contribution >= 0.6 is 34.7 Å². The Bertz CT molecular complexity index is 778.